The van der Waals surface area contributed by atoms with E-state index in [4.69, 9.17) is 10.5 Å². The summed E-state index contributed by atoms with van der Waals surface area (Å²) in [5, 5.41) is 9.69. The van der Waals surface area contributed by atoms with Gasteiger partial charge in [-0.1, -0.05) is 0 Å². The van der Waals surface area contributed by atoms with Crippen LogP contribution in [0.15, 0.2) is 0 Å². The highest BCUT2D eigenvalue weighted by atomic mass is 16.5. The molecule has 0 amide bonds. The molecule has 1 aliphatic carbocycles. The number of hydrogen-bond acceptors (Lipinski definition) is 4. The Morgan fingerprint density at radius 3 is 2.67 bits per heavy atom. The zero-order valence-corrected chi connectivity index (χ0v) is 9.85. The second-order valence-electron chi connectivity index (χ2n) is 4.39. The van der Waals surface area contributed by atoms with Gasteiger partial charge >= 0.3 is 0 Å². The van der Waals surface area contributed by atoms with Crippen LogP contribution in [0.25, 0.3) is 0 Å². The lowest BCUT2D eigenvalue weighted by Gasteiger charge is -2.28. The first kappa shape index (κ1) is 12.9. The second-order valence-corrected chi connectivity index (χ2v) is 4.39. The first-order valence-corrected chi connectivity index (χ1v) is 5.85. The van der Waals surface area contributed by atoms with Crippen molar-refractivity contribution in [1.29, 1.82) is 0 Å². The molecule has 1 saturated carbocycles. The average molecular weight is 216 g/mol. The Morgan fingerprint density at radius 1 is 1.53 bits per heavy atom. The second kappa shape index (κ2) is 6.43. The van der Waals surface area contributed by atoms with Crippen LogP contribution in [0.4, 0.5) is 0 Å². The van der Waals surface area contributed by atoms with Crippen LogP contribution in [0.3, 0.4) is 0 Å². The fraction of sp³-hybridized carbons (Fsp3) is 1.00. The quantitative estimate of drug-likeness (QED) is 0.602. The smallest absolute Gasteiger partial charge is 0.0900 e. The normalized spacial score (nSPS) is 20.6. The van der Waals surface area contributed by atoms with Crippen molar-refractivity contribution in [3.8, 4) is 0 Å². The van der Waals surface area contributed by atoms with Gasteiger partial charge in [-0.3, -0.25) is 4.90 Å². The molecule has 0 spiro atoms. The Labute approximate surface area is 92.4 Å². The van der Waals surface area contributed by atoms with Crippen molar-refractivity contribution in [3.63, 3.8) is 0 Å². The van der Waals surface area contributed by atoms with Gasteiger partial charge in [0.25, 0.3) is 0 Å². The Kier molecular flexibility index (Phi) is 5.53. The Balaban J connectivity index is 2.22. The summed E-state index contributed by atoms with van der Waals surface area (Å²) in [5.74, 6) is 0.749. The van der Waals surface area contributed by atoms with Crippen molar-refractivity contribution in [2.24, 2.45) is 11.7 Å². The summed E-state index contributed by atoms with van der Waals surface area (Å²) in [6.45, 7) is 4.34. The van der Waals surface area contributed by atoms with Crippen molar-refractivity contribution >= 4 is 0 Å². The summed E-state index contributed by atoms with van der Waals surface area (Å²) in [7, 11) is 2.03. The summed E-state index contributed by atoms with van der Waals surface area (Å²) in [4.78, 5) is 2.17. The third kappa shape index (κ3) is 4.47. The minimum atomic E-state index is -0.400. The Bertz CT molecular complexity index is 174. The number of rotatable bonds is 8. The lowest BCUT2D eigenvalue weighted by atomic mass is 10.1. The van der Waals surface area contributed by atoms with Crippen LogP contribution in [-0.4, -0.2) is 55.5 Å². The van der Waals surface area contributed by atoms with Gasteiger partial charge in [-0.05, 0) is 32.7 Å². The van der Waals surface area contributed by atoms with Gasteiger partial charge in [-0.25, -0.2) is 0 Å². The molecular formula is C11H24N2O2. The fourth-order valence-corrected chi connectivity index (χ4v) is 1.99. The molecule has 0 aromatic rings. The number of ether oxygens (including phenoxy) is 1. The molecule has 4 heteroatoms. The van der Waals surface area contributed by atoms with E-state index >= 15 is 0 Å². The number of nitrogens with two attached hydrogens (primary N) is 1. The van der Waals surface area contributed by atoms with Crippen LogP contribution in [-0.2, 0) is 4.74 Å². The van der Waals surface area contributed by atoms with Crippen molar-refractivity contribution in [3.05, 3.63) is 0 Å². The van der Waals surface area contributed by atoms with E-state index in [1.165, 1.54) is 12.8 Å². The van der Waals surface area contributed by atoms with E-state index in [9.17, 15) is 5.11 Å². The van der Waals surface area contributed by atoms with Gasteiger partial charge in [0, 0.05) is 25.7 Å². The molecule has 0 aliphatic heterocycles. The van der Waals surface area contributed by atoms with Crippen LogP contribution in [0, 0.1) is 5.92 Å². The molecule has 1 aliphatic rings. The van der Waals surface area contributed by atoms with Crippen molar-refractivity contribution in [2.75, 3.05) is 33.4 Å². The molecule has 15 heavy (non-hydrogen) atoms. The third-order valence-corrected chi connectivity index (χ3v) is 2.99. The zero-order valence-electron chi connectivity index (χ0n) is 9.85. The highest BCUT2D eigenvalue weighted by molar-refractivity contribution is 4.88. The van der Waals surface area contributed by atoms with Crippen molar-refractivity contribution < 1.29 is 9.84 Å². The molecule has 0 saturated heterocycles. The maximum Gasteiger partial charge on any atom is 0.0900 e. The van der Waals surface area contributed by atoms with Gasteiger partial charge < -0.3 is 15.6 Å². The van der Waals surface area contributed by atoms with E-state index in [0.29, 0.717) is 32.3 Å². The summed E-state index contributed by atoms with van der Waals surface area (Å²) >= 11 is 0. The predicted molar refractivity (Wildman–Crippen MR) is 60.7 cm³/mol. The lowest BCUT2D eigenvalue weighted by molar-refractivity contribution is 0.0173. The molecule has 1 fully saturated rings. The summed E-state index contributed by atoms with van der Waals surface area (Å²) in [6.07, 6.45) is 2.17. The first-order chi connectivity index (χ1) is 7.19. The SMILES string of the molecule is CCOCC(O)CN(C)C(CN)C1CC1. The van der Waals surface area contributed by atoms with Gasteiger partial charge in [-0.2, -0.15) is 0 Å². The van der Waals surface area contributed by atoms with E-state index in [-0.39, 0.29) is 0 Å². The topological polar surface area (TPSA) is 58.7 Å². The zero-order chi connectivity index (χ0) is 11.3. The number of nitrogens with zero attached hydrogens (tertiary/aromatic N) is 1. The predicted octanol–water partition coefficient (Wildman–Crippen LogP) is 0.0529. The van der Waals surface area contributed by atoms with Crippen LogP contribution >= 0.6 is 0 Å². The lowest BCUT2D eigenvalue weighted by Crippen LogP contribution is -2.44. The van der Waals surface area contributed by atoms with Gasteiger partial charge in [0.2, 0.25) is 0 Å². The molecular weight excluding hydrogens is 192 g/mol. The maximum atomic E-state index is 9.69. The molecule has 0 aromatic carbocycles. The monoisotopic (exact) mass is 216 g/mol. The van der Waals surface area contributed by atoms with Crippen molar-refractivity contribution in [2.45, 2.75) is 31.9 Å². The minimum Gasteiger partial charge on any atom is -0.389 e. The highest BCUT2D eigenvalue weighted by Gasteiger charge is 2.33. The average Bonchev–Trinajstić information content (AvgIpc) is 3.00. The van der Waals surface area contributed by atoms with E-state index in [0.717, 1.165) is 5.92 Å². The largest absolute Gasteiger partial charge is 0.389 e. The van der Waals surface area contributed by atoms with Gasteiger partial charge in [-0.15, -0.1) is 0 Å². The first-order valence-electron chi connectivity index (χ1n) is 5.85. The molecule has 0 heterocycles. The molecule has 0 bridgehead atoms. The van der Waals surface area contributed by atoms with Gasteiger partial charge in [0.1, 0.15) is 0 Å². The van der Waals surface area contributed by atoms with Crippen LogP contribution in [0.1, 0.15) is 19.8 Å². The minimum absolute atomic E-state index is 0.400. The van der Waals surface area contributed by atoms with Gasteiger partial charge in [0.15, 0.2) is 0 Å². The molecule has 0 aromatic heterocycles. The summed E-state index contributed by atoms with van der Waals surface area (Å²) < 4.78 is 5.18. The molecule has 3 N–H and O–H groups in total. The maximum absolute atomic E-state index is 9.69. The number of likely N-dealkylation sites (N-methyl/N-ethyl adjacent to an activating group) is 1. The Hall–Kier alpha value is -0.160. The standard InChI is InChI=1S/C11H24N2O2/c1-3-15-8-10(14)7-13(2)11(6-12)9-4-5-9/h9-11,14H,3-8,12H2,1-2H3. The van der Waals surface area contributed by atoms with E-state index in [1.807, 2.05) is 14.0 Å². The summed E-state index contributed by atoms with van der Waals surface area (Å²) in [6, 6.07) is 0.432. The van der Waals surface area contributed by atoms with Crippen LogP contribution in [0.2, 0.25) is 0 Å². The number of hydrogen-bond donors (Lipinski definition) is 2. The molecule has 90 valence electrons. The van der Waals surface area contributed by atoms with E-state index < -0.39 is 6.10 Å². The highest BCUT2D eigenvalue weighted by Crippen LogP contribution is 2.34. The molecule has 1 rings (SSSR count). The van der Waals surface area contributed by atoms with E-state index in [1.54, 1.807) is 0 Å². The molecule has 0 radical (unpaired) electrons. The fourth-order valence-electron chi connectivity index (χ4n) is 1.99. The number of aliphatic hydroxyl groups is 1. The van der Waals surface area contributed by atoms with Gasteiger partial charge in [0.05, 0.1) is 12.7 Å². The Morgan fingerprint density at radius 2 is 2.20 bits per heavy atom. The van der Waals surface area contributed by atoms with Crippen LogP contribution < -0.4 is 5.73 Å². The van der Waals surface area contributed by atoms with Crippen molar-refractivity contribution in [1.82, 2.24) is 4.90 Å². The third-order valence-electron chi connectivity index (χ3n) is 2.99. The molecule has 2 unspecified atom stereocenters. The molecule has 4 nitrogen and oxygen atoms in total. The number of aliphatic hydroxyl groups excluding tert-OH is 1. The van der Waals surface area contributed by atoms with E-state index in [2.05, 4.69) is 4.90 Å². The molecule has 2 atom stereocenters. The van der Waals surface area contributed by atoms with Crippen LogP contribution in [0.5, 0.6) is 0 Å². The summed E-state index contributed by atoms with van der Waals surface area (Å²) in [5.41, 5.74) is 5.74.